The number of anilines is 2. The summed E-state index contributed by atoms with van der Waals surface area (Å²) >= 11 is -1.29. The summed E-state index contributed by atoms with van der Waals surface area (Å²) in [5.74, 6) is 0.115. The van der Waals surface area contributed by atoms with Crippen LogP contribution >= 0.6 is 0 Å². The largest absolute Gasteiger partial charge is 0.593 e. The highest BCUT2D eigenvalue weighted by Crippen LogP contribution is 2.26. The lowest BCUT2D eigenvalue weighted by molar-refractivity contribution is 0.102. The molecule has 0 saturated heterocycles. The Hall–Kier alpha value is -3.18. The van der Waals surface area contributed by atoms with Crippen molar-refractivity contribution < 1.29 is 14.1 Å². The van der Waals surface area contributed by atoms with Crippen molar-refractivity contribution in [2.24, 2.45) is 0 Å². The molecule has 5 rings (SSSR count). The molecule has 0 aliphatic carbocycles. The summed E-state index contributed by atoms with van der Waals surface area (Å²) in [5.41, 5.74) is 7.74. The van der Waals surface area contributed by atoms with Gasteiger partial charge in [0.05, 0.1) is 42.1 Å². The molecule has 9 nitrogen and oxygen atoms in total. The van der Waals surface area contributed by atoms with Crippen molar-refractivity contribution in [2.75, 3.05) is 44.3 Å². The molecular weight excluding hydrogens is 440 g/mol. The number of hydrogen-bond donors (Lipinski definition) is 3. The Morgan fingerprint density at radius 1 is 1.15 bits per heavy atom. The van der Waals surface area contributed by atoms with E-state index in [4.69, 9.17) is 10.5 Å². The van der Waals surface area contributed by atoms with Crippen LogP contribution in [0.2, 0.25) is 0 Å². The number of fused-ring (bicyclic) bond motifs is 11. The van der Waals surface area contributed by atoms with Gasteiger partial charge in [0, 0.05) is 19.2 Å². The summed E-state index contributed by atoms with van der Waals surface area (Å²) in [4.78, 5) is 22.3. The maximum Gasteiger partial charge on any atom is 0.278 e. The van der Waals surface area contributed by atoms with Crippen molar-refractivity contribution in [3.05, 3.63) is 60.4 Å². The number of nitrogens with two attached hydrogens (primary N) is 1. The fourth-order valence-electron chi connectivity index (χ4n) is 3.33. The molecule has 1 atom stereocenters. The number of likely N-dealkylation sites (N-methyl/N-ethyl adjacent to an activating group) is 1. The summed E-state index contributed by atoms with van der Waals surface area (Å²) < 4.78 is 20.5. The minimum absolute atomic E-state index is 0.0216. The topological polar surface area (TPSA) is 128 Å². The Bertz CT molecular complexity index is 1110. The van der Waals surface area contributed by atoms with Gasteiger partial charge >= 0.3 is 0 Å². The van der Waals surface area contributed by atoms with Crippen molar-refractivity contribution >= 4 is 28.8 Å². The Balaban J connectivity index is 1.66. The quantitative estimate of drug-likeness (QED) is 0.431. The molecule has 0 spiro atoms. The molecule has 0 saturated carbocycles. The molecule has 2 aliphatic heterocycles. The number of aromatic nitrogens is 2. The first-order valence-electron chi connectivity index (χ1n) is 10.6. The zero-order chi connectivity index (χ0) is 23.2. The summed E-state index contributed by atoms with van der Waals surface area (Å²) in [6, 6.07) is 14.4. The van der Waals surface area contributed by atoms with Crippen LogP contribution in [0.3, 0.4) is 0 Å². The number of carbonyl (C=O) groups excluding carboxylic acids is 1. The molecule has 33 heavy (non-hydrogen) atoms. The minimum atomic E-state index is -1.29. The molecule has 2 aromatic carbocycles. The summed E-state index contributed by atoms with van der Waals surface area (Å²) in [7, 11) is 1.83. The first-order valence-corrected chi connectivity index (χ1v) is 11.7. The molecule has 1 unspecified atom stereocenters. The SMILES string of the molecule is CN1CCNCCCOc2ccccc2NC(=O)c2nc(cnc2N)-c2ccc(cc2)[S+]1[O-]. The predicted molar refractivity (Wildman–Crippen MR) is 128 cm³/mol. The average Bonchev–Trinajstić information content (AvgIpc) is 2.83. The molecule has 10 heteroatoms. The van der Waals surface area contributed by atoms with Gasteiger partial charge in [-0.3, -0.25) is 4.79 Å². The number of benzene rings is 2. The lowest BCUT2D eigenvalue weighted by atomic mass is 10.1. The van der Waals surface area contributed by atoms with Crippen molar-refractivity contribution in [2.45, 2.75) is 11.3 Å². The monoisotopic (exact) mass is 466 g/mol. The fourth-order valence-corrected chi connectivity index (χ4v) is 4.31. The molecule has 1 amide bonds. The van der Waals surface area contributed by atoms with Crippen LogP contribution in [0.5, 0.6) is 5.75 Å². The highest BCUT2D eigenvalue weighted by Gasteiger charge is 2.20. The average molecular weight is 467 g/mol. The van der Waals surface area contributed by atoms with Gasteiger partial charge in [0.2, 0.25) is 0 Å². The van der Waals surface area contributed by atoms with Gasteiger partial charge in [0.25, 0.3) is 5.91 Å². The van der Waals surface area contributed by atoms with Crippen molar-refractivity contribution in [1.82, 2.24) is 19.6 Å². The Morgan fingerprint density at radius 2 is 1.94 bits per heavy atom. The minimum Gasteiger partial charge on any atom is -0.593 e. The van der Waals surface area contributed by atoms with Gasteiger partial charge in [-0.2, -0.15) is 0 Å². The van der Waals surface area contributed by atoms with E-state index in [1.54, 1.807) is 28.6 Å². The van der Waals surface area contributed by atoms with E-state index < -0.39 is 17.3 Å². The van der Waals surface area contributed by atoms with E-state index in [1.165, 1.54) is 6.20 Å². The van der Waals surface area contributed by atoms with Crippen LogP contribution in [0.25, 0.3) is 11.3 Å². The molecule has 4 bridgehead atoms. The van der Waals surface area contributed by atoms with E-state index >= 15 is 0 Å². The first-order chi connectivity index (χ1) is 16.0. The van der Waals surface area contributed by atoms with Gasteiger partial charge in [-0.1, -0.05) is 12.1 Å². The normalized spacial score (nSPS) is 18.1. The number of ether oxygens (including phenoxy) is 1. The van der Waals surface area contributed by atoms with E-state index in [2.05, 4.69) is 20.6 Å². The summed E-state index contributed by atoms with van der Waals surface area (Å²) in [6.07, 6.45) is 2.29. The lowest BCUT2D eigenvalue weighted by Crippen LogP contribution is -2.34. The van der Waals surface area contributed by atoms with Gasteiger partial charge in [0.15, 0.2) is 16.4 Å². The van der Waals surface area contributed by atoms with Gasteiger partial charge in [-0.15, -0.1) is 4.31 Å². The van der Waals surface area contributed by atoms with E-state index in [0.29, 0.717) is 41.7 Å². The van der Waals surface area contributed by atoms with Crippen LogP contribution in [-0.2, 0) is 11.4 Å². The van der Waals surface area contributed by atoms with Gasteiger partial charge in [-0.25, -0.2) is 9.97 Å². The highest BCUT2D eigenvalue weighted by molar-refractivity contribution is 7.89. The van der Waals surface area contributed by atoms with Crippen molar-refractivity contribution in [1.29, 1.82) is 0 Å². The third-order valence-electron chi connectivity index (χ3n) is 5.14. The highest BCUT2D eigenvalue weighted by atomic mass is 32.2. The fraction of sp³-hybridized carbons (Fsp3) is 0.261. The third-order valence-corrected chi connectivity index (χ3v) is 6.57. The molecule has 3 heterocycles. The molecule has 0 radical (unpaired) electrons. The molecule has 172 valence electrons. The zero-order valence-electron chi connectivity index (χ0n) is 18.3. The van der Waals surface area contributed by atoms with E-state index in [0.717, 1.165) is 18.5 Å². The molecule has 1 aromatic heterocycles. The Morgan fingerprint density at radius 3 is 2.76 bits per heavy atom. The molecule has 0 fully saturated rings. The van der Waals surface area contributed by atoms with Crippen LogP contribution in [0.15, 0.2) is 59.6 Å². The Kier molecular flexibility index (Phi) is 7.40. The second kappa shape index (κ2) is 10.6. The smallest absolute Gasteiger partial charge is 0.278 e. The van der Waals surface area contributed by atoms with Gasteiger partial charge in [-0.05, 0) is 49.4 Å². The van der Waals surface area contributed by atoms with Gasteiger partial charge < -0.3 is 25.7 Å². The number of nitrogens with zero attached hydrogens (tertiary/aromatic N) is 3. The second-order valence-electron chi connectivity index (χ2n) is 7.52. The lowest BCUT2D eigenvalue weighted by Gasteiger charge is -2.20. The van der Waals surface area contributed by atoms with Crippen LogP contribution in [0.4, 0.5) is 11.5 Å². The van der Waals surface area contributed by atoms with E-state index in [9.17, 15) is 9.35 Å². The number of rotatable bonds is 0. The predicted octanol–water partition coefficient (Wildman–Crippen LogP) is 2.30. The number of carbonyl (C=O) groups is 1. The van der Waals surface area contributed by atoms with Crippen LogP contribution in [-0.4, -0.2) is 58.0 Å². The Labute approximate surface area is 195 Å². The van der Waals surface area contributed by atoms with Crippen molar-refractivity contribution in [3.8, 4) is 17.0 Å². The number of hydrogen-bond acceptors (Lipinski definition) is 8. The molecular formula is C23H26N6O3S. The number of amides is 1. The first kappa shape index (κ1) is 23.0. The number of nitrogens with one attached hydrogen (secondary N) is 2. The standard InChI is InChI=1S/C23H26N6O3S/c1-29-13-12-25-11-4-14-32-20-6-3-2-5-18(20)28-23(30)21-22(24)26-15-19(27-21)16-7-9-17(10-8-16)33(29)31/h2-3,5-10,15,25H,4,11-14H2,1H3,(H2,24,26)(H,28,30). The summed E-state index contributed by atoms with van der Waals surface area (Å²) in [6.45, 7) is 2.57. The van der Waals surface area contributed by atoms with E-state index in [1.807, 2.05) is 31.3 Å². The number of para-hydroxylation sites is 2. The zero-order valence-corrected chi connectivity index (χ0v) is 19.1. The maximum absolute atomic E-state index is 13.0. The third kappa shape index (κ3) is 5.60. The maximum atomic E-state index is 13.0. The molecule has 3 aromatic rings. The molecule has 4 N–H and O–H groups in total. The summed E-state index contributed by atoms with van der Waals surface area (Å²) in [5, 5.41) is 6.17. The van der Waals surface area contributed by atoms with Gasteiger partial charge in [0.1, 0.15) is 5.75 Å². The van der Waals surface area contributed by atoms with Crippen LogP contribution in [0.1, 0.15) is 16.9 Å². The molecule has 2 aliphatic rings. The number of nitrogen functional groups attached to an aromatic ring is 1. The van der Waals surface area contributed by atoms with Crippen LogP contribution < -0.4 is 21.1 Å². The van der Waals surface area contributed by atoms with E-state index in [-0.39, 0.29) is 11.5 Å². The van der Waals surface area contributed by atoms with Crippen molar-refractivity contribution in [3.63, 3.8) is 0 Å². The van der Waals surface area contributed by atoms with Crippen LogP contribution in [0, 0.1) is 0 Å². The second-order valence-corrected chi connectivity index (χ2v) is 9.11.